The summed E-state index contributed by atoms with van der Waals surface area (Å²) in [5.74, 6) is 0. The van der Waals surface area contributed by atoms with Crippen molar-refractivity contribution in [1.29, 1.82) is 0 Å². The Morgan fingerprint density at radius 2 is 0.971 bits per heavy atom. The molecule has 0 N–H and O–H groups in total. The average molecular weight is 498 g/mol. The van der Waals surface area contributed by atoms with Crippen molar-refractivity contribution < 1.29 is 26.8 Å². The monoisotopic (exact) mass is 498 g/mol. The first-order valence-corrected chi connectivity index (χ1v) is 18.4. The van der Waals surface area contributed by atoms with Crippen molar-refractivity contribution in [2.45, 2.75) is 26.2 Å². The molecular formula is C24H40B2N2O4Si2. The Hall–Kier alpha value is -1.24. The van der Waals surface area contributed by atoms with Gasteiger partial charge in [-0.1, -0.05) is 69.8 Å². The maximum Gasteiger partial charge on any atom is 0.492 e. The summed E-state index contributed by atoms with van der Waals surface area (Å²) in [6.07, 6.45) is 0. The molecule has 2 saturated heterocycles. The van der Waals surface area contributed by atoms with Crippen LogP contribution in [0.2, 0.25) is 26.2 Å². The number of rotatable bonds is 0. The van der Waals surface area contributed by atoms with Crippen molar-refractivity contribution in [3.8, 4) is 0 Å². The first-order chi connectivity index (χ1) is 15.8. The zero-order valence-corrected chi connectivity index (χ0v) is 24.1. The fourth-order valence-corrected chi connectivity index (χ4v) is 12.4. The molecular weight excluding hydrogens is 458 g/mol. The minimum atomic E-state index is -1.80. The summed E-state index contributed by atoms with van der Waals surface area (Å²) >= 11 is 0. The van der Waals surface area contributed by atoms with Crippen LogP contribution in [0.5, 0.6) is 0 Å². The Labute approximate surface area is 207 Å². The second-order valence-electron chi connectivity index (χ2n) is 12.5. The van der Waals surface area contributed by atoms with E-state index in [9.17, 15) is 0 Å². The van der Waals surface area contributed by atoms with E-state index in [0.29, 0.717) is 0 Å². The molecule has 2 atom stereocenters. The molecule has 0 bridgehead atoms. The average Bonchev–Trinajstić information content (AvgIpc) is 3.39. The van der Waals surface area contributed by atoms with E-state index in [0.717, 1.165) is 35.1 Å². The highest BCUT2D eigenvalue weighted by Crippen LogP contribution is 2.33. The lowest BCUT2D eigenvalue weighted by atomic mass is 9.61. The number of benzene rings is 2. The highest BCUT2D eigenvalue weighted by Gasteiger charge is 2.61. The SMILES string of the molecule is C[N+]1(C)CCO[B@-]12O[Si](C)(C)c1ccccc12.C[N+]1(C)CCO[B@@-]12O[Si](C)(C)c1ccccc12. The van der Waals surface area contributed by atoms with Crippen molar-refractivity contribution in [1.82, 2.24) is 0 Å². The Morgan fingerprint density at radius 1 is 0.618 bits per heavy atom. The molecule has 0 amide bonds. The van der Waals surface area contributed by atoms with Crippen LogP contribution in [0, 0.1) is 0 Å². The van der Waals surface area contributed by atoms with Gasteiger partial charge < -0.3 is 26.8 Å². The van der Waals surface area contributed by atoms with E-state index >= 15 is 0 Å². The molecule has 0 unspecified atom stereocenters. The topological polar surface area (TPSA) is 36.9 Å². The van der Waals surface area contributed by atoms with Crippen LogP contribution in [0.1, 0.15) is 0 Å². The number of hydrogen-bond acceptors (Lipinski definition) is 4. The zero-order chi connectivity index (χ0) is 24.6. The van der Waals surface area contributed by atoms with Crippen molar-refractivity contribution >= 4 is 51.3 Å². The standard InChI is InChI=1S/2C12H20BNO2Si/c2*1-14(2)9-10-15-13(14)11-7-5-6-8-12(11)17(3,4)16-13/h2*5-8H,9-10H2,1-4H3/t2*13-/m10/s1. The number of fused-ring (bicyclic) bond motifs is 4. The molecule has 0 radical (unpaired) electrons. The molecule has 34 heavy (non-hydrogen) atoms. The number of likely N-dealkylation sites (N-methyl/N-ethyl adjacent to an activating group) is 2. The normalized spacial score (nSPS) is 32.9. The van der Waals surface area contributed by atoms with E-state index in [4.69, 9.17) is 18.0 Å². The predicted octanol–water partition coefficient (Wildman–Crippen LogP) is 0.763. The van der Waals surface area contributed by atoms with Crippen LogP contribution in [0.3, 0.4) is 0 Å². The third-order valence-corrected chi connectivity index (χ3v) is 14.1. The number of nitrogens with zero attached hydrogens (tertiary/aromatic N) is 2. The van der Waals surface area contributed by atoms with Gasteiger partial charge in [0.25, 0.3) is 0 Å². The molecule has 0 aliphatic carbocycles. The molecule has 2 spiro atoms. The van der Waals surface area contributed by atoms with Crippen molar-refractivity contribution in [2.75, 3.05) is 54.5 Å². The summed E-state index contributed by atoms with van der Waals surface area (Å²) in [4.78, 5) is 0. The van der Waals surface area contributed by atoms with Gasteiger partial charge in [-0.05, 0) is 26.2 Å². The highest BCUT2D eigenvalue weighted by molar-refractivity contribution is 7.02. The quantitative estimate of drug-likeness (QED) is 0.503. The second-order valence-corrected chi connectivity index (χ2v) is 20.1. The lowest BCUT2D eigenvalue weighted by molar-refractivity contribution is -0.790. The highest BCUT2D eigenvalue weighted by atomic mass is 28.4. The molecule has 0 aromatic heterocycles. The van der Waals surface area contributed by atoms with E-state index in [1.54, 1.807) is 0 Å². The molecule has 4 aliphatic rings. The minimum Gasteiger partial charge on any atom is -0.551 e. The maximum absolute atomic E-state index is 6.53. The first kappa shape index (κ1) is 24.5. The van der Waals surface area contributed by atoms with Crippen LogP contribution >= 0.6 is 0 Å². The summed E-state index contributed by atoms with van der Waals surface area (Å²) in [7, 11) is 5.29. The third kappa shape index (κ3) is 3.31. The maximum atomic E-state index is 6.53. The molecule has 0 saturated carbocycles. The molecule has 184 valence electrons. The Kier molecular flexibility index (Phi) is 5.49. The molecule has 6 rings (SSSR count). The van der Waals surface area contributed by atoms with Gasteiger partial charge in [0.05, 0.1) is 26.3 Å². The Balaban J connectivity index is 0.000000142. The fourth-order valence-electron chi connectivity index (χ4n) is 6.70. The van der Waals surface area contributed by atoms with Gasteiger partial charge in [0.1, 0.15) is 0 Å². The van der Waals surface area contributed by atoms with Gasteiger partial charge in [-0.15, -0.1) is 0 Å². The minimum absolute atomic E-state index is 0.797. The van der Waals surface area contributed by atoms with Gasteiger partial charge in [0.15, 0.2) is 16.6 Å². The second kappa shape index (κ2) is 7.63. The van der Waals surface area contributed by atoms with Crippen molar-refractivity contribution in [3.05, 3.63) is 48.5 Å². The molecule has 2 aromatic carbocycles. The fraction of sp³-hybridized carbons (Fsp3) is 0.500. The summed E-state index contributed by atoms with van der Waals surface area (Å²) in [6, 6.07) is 17.3. The van der Waals surface area contributed by atoms with Gasteiger partial charge in [0.2, 0.25) is 0 Å². The summed E-state index contributed by atoms with van der Waals surface area (Å²) in [5, 5.41) is 2.82. The van der Waals surface area contributed by atoms with Gasteiger partial charge in [-0.2, -0.15) is 0 Å². The first-order valence-electron chi connectivity index (χ1n) is 12.6. The van der Waals surface area contributed by atoms with E-state index in [1.807, 2.05) is 0 Å². The molecule has 2 aromatic rings. The van der Waals surface area contributed by atoms with E-state index in [2.05, 4.69) is 103 Å². The van der Waals surface area contributed by atoms with Crippen LogP contribution in [0.15, 0.2) is 48.5 Å². The smallest absolute Gasteiger partial charge is 0.492 e. The lowest BCUT2D eigenvalue weighted by Gasteiger charge is -2.47. The Bertz CT molecular complexity index is 1040. The molecule has 4 aliphatic heterocycles. The third-order valence-electron chi connectivity index (χ3n) is 8.78. The lowest BCUT2D eigenvalue weighted by Crippen LogP contribution is -2.69. The van der Waals surface area contributed by atoms with E-state index in [1.165, 1.54) is 21.3 Å². The van der Waals surface area contributed by atoms with Crippen molar-refractivity contribution in [3.63, 3.8) is 0 Å². The zero-order valence-electron chi connectivity index (χ0n) is 22.1. The number of hydrogen-bond donors (Lipinski definition) is 0. The molecule has 2 fully saturated rings. The van der Waals surface area contributed by atoms with Crippen LogP contribution < -0.4 is 21.3 Å². The molecule has 6 nitrogen and oxygen atoms in total. The van der Waals surface area contributed by atoms with Crippen LogP contribution in [-0.2, 0) is 18.0 Å². The van der Waals surface area contributed by atoms with Crippen molar-refractivity contribution in [2.24, 2.45) is 0 Å². The summed E-state index contributed by atoms with van der Waals surface area (Å²) in [6.45, 7) is 10.1. The summed E-state index contributed by atoms with van der Waals surface area (Å²) in [5.41, 5.74) is 2.62. The van der Waals surface area contributed by atoms with Crippen LogP contribution in [0.25, 0.3) is 0 Å². The number of quaternary nitrogens is 2. The van der Waals surface area contributed by atoms with Gasteiger partial charge in [-0.25, -0.2) is 0 Å². The largest absolute Gasteiger partial charge is 0.551 e. The Morgan fingerprint density at radius 3 is 1.29 bits per heavy atom. The summed E-state index contributed by atoms with van der Waals surface area (Å²) < 4.78 is 27.0. The van der Waals surface area contributed by atoms with Gasteiger partial charge >= 0.3 is 13.4 Å². The molecule has 4 heterocycles. The van der Waals surface area contributed by atoms with E-state index < -0.39 is 30.0 Å². The van der Waals surface area contributed by atoms with Gasteiger partial charge in [0, 0.05) is 28.2 Å². The predicted molar refractivity (Wildman–Crippen MR) is 146 cm³/mol. The van der Waals surface area contributed by atoms with E-state index in [-0.39, 0.29) is 0 Å². The van der Waals surface area contributed by atoms with Crippen LogP contribution in [-0.4, -0.2) is 93.3 Å². The van der Waals surface area contributed by atoms with Gasteiger partial charge in [-0.3, -0.25) is 0 Å². The molecule has 10 heteroatoms. The van der Waals surface area contributed by atoms with Crippen LogP contribution in [0.4, 0.5) is 0 Å².